The molecule has 0 aromatic carbocycles. The molecule has 18 heavy (non-hydrogen) atoms. The summed E-state index contributed by atoms with van der Waals surface area (Å²) in [5, 5.41) is 0. The van der Waals surface area contributed by atoms with Gasteiger partial charge >= 0.3 is 5.97 Å². The molecule has 0 aromatic heterocycles. The third kappa shape index (κ3) is 3.97. The minimum Gasteiger partial charge on any atom is -0.466 e. The van der Waals surface area contributed by atoms with Crippen LogP contribution in [0.3, 0.4) is 0 Å². The van der Waals surface area contributed by atoms with Crippen molar-refractivity contribution in [2.24, 2.45) is 11.3 Å². The largest absolute Gasteiger partial charge is 0.466 e. The smallest absolute Gasteiger partial charge is 0.302 e. The highest BCUT2D eigenvalue weighted by molar-refractivity contribution is 14.1. The predicted molar refractivity (Wildman–Crippen MR) is 83.9 cm³/mol. The molecule has 3 atom stereocenters. The van der Waals surface area contributed by atoms with Crippen molar-refractivity contribution < 1.29 is 9.53 Å². The van der Waals surface area contributed by atoms with Gasteiger partial charge in [0.1, 0.15) is 0 Å². The summed E-state index contributed by atoms with van der Waals surface area (Å²) < 4.78 is 5.82. The van der Waals surface area contributed by atoms with Crippen LogP contribution in [0.1, 0.15) is 52.4 Å². The van der Waals surface area contributed by atoms with Crippen LogP contribution >= 0.6 is 22.6 Å². The van der Waals surface area contributed by atoms with Gasteiger partial charge in [-0.3, -0.25) is 4.79 Å². The fraction of sp³-hybridized carbons (Fsp3) is 0.800. The van der Waals surface area contributed by atoms with Crippen molar-refractivity contribution in [2.75, 3.05) is 6.61 Å². The number of carbonyl (C=O) groups excluding carboxylic acids is 1. The average Bonchev–Trinajstić information content (AvgIpc) is 2.87. The predicted octanol–water partition coefficient (Wildman–Crippen LogP) is 4.52. The van der Waals surface area contributed by atoms with Crippen molar-refractivity contribution in [3.05, 3.63) is 12.7 Å². The van der Waals surface area contributed by atoms with E-state index in [-0.39, 0.29) is 5.97 Å². The normalized spacial score (nSPS) is 29.9. The van der Waals surface area contributed by atoms with Crippen LogP contribution in [0.25, 0.3) is 0 Å². The SMILES string of the molecule is C=CC[C@@]1(CCCCCC)C(I)[C@@H]1COC(C)=O. The Labute approximate surface area is 125 Å². The lowest BCUT2D eigenvalue weighted by atomic mass is 9.92. The van der Waals surface area contributed by atoms with Crippen molar-refractivity contribution >= 4 is 28.6 Å². The zero-order valence-electron chi connectivity index (χ0n) is 11.6. The van der Waals surface area contributed by atoms with Crippen LogP contribution in [0.4, 0.5) is 0 Å². The van der Waals surface area contributed by atoms with E-state index < -0.39 is 0 Å². The molecule has 1 fully saturated rings. The topological polar surface area (TPSA) is 26.3 Å². The molecule has 1 aliphatic carbocycles. The molecule has 104 valence electrons. The Morgan fingerprint density at radius 1 is 1.44 bits per heavy atom. The van der Waals surface area contributed by atoms with Gasteiger partial charge in [0.25, 0.3) is 0 Å². The van der Waals surface area contributed by atoms with Gasteiger partial charge < -0.3 is 4.74 Å². The van der Waals surface area contributed by atoms with Crippen molar-refractivity contribution in [2.45, 2.75) is 56.3 Å². The Bertz CT molecular complexity index is 290. The van der Waals surface area contributed by atoms with Gasteiger partial charge in [0.05, 0.1) is 6.61 Å². The zero-order valence-corrected chi connectivity index (χ0v) is 13.7. The summed E-state index contributed by atoms with van der Waals surface area (Å²) in [6.45, 7) is 8.20. The maximum absolute atomic E-state index is 10.9. The molecule has 0 saturated heterocycles. The Morgan fingerprint density at radius 3 is 2.72 bits per heavy atom. The fourth-order valence-corrected chi connectivity index (χ4v) is 4.56. The number of esters is 1. The lowest BCUT2D eigenvalue weighted by molar-refractivity contribution is -0.141. The molecular formula is C15H25IO2. The van der Waals surface area contributed by atoms with Crippen LogP contribution in [-0.2, 0) is 9.53 Å². The van der Waals surface area contributed by atoms with E-state index in [2.05, 4.69) is 36.1 Å². The first-order valence-electron chi connectivity index (χ1n) is 6.96. The molecule has 0 amide bonds. The van der Waals surface area contributed by atoms with Crippen molar-refractivity contribution in [3.63, 3.8) is 0 Å². The van der Waals surface area contributed by atoms with E-state index in [0.717, 1.165) is 6.42 Å². The highest BCUT2D eigenvalue weighted by Gasteiger charge is 2.61. The van der Waals surface area contributed by atoms with E-state index in [1.54, 1.807) is 0 Å². The van der Waals surface area contributed by atoms with E-state index >= 15 is 0 Å². The van der Waals surface area contributed by atoms with E-state index in [1.807, 2.05) is 6.08 Å². The first kappa shape index (κ1) is 16.0. The second-order valence-electron chi connectivity index (χ2n) is 5.35. The molecule has 1 saturated carbocycles. The number of rotatable bonds is 9. The summed E-state index contributed by atoms with van der Waals surface area (Å²) in [4.78, 5) is 10.9. The Hall–Kier alpha value is -0.0600. The van der Waals surface area contributed by atoms with E-state index in [0.29, 0.717) is 21.9 Å². The monoisotopic (exact) mass is 364 g/mol. The highest BCUT2D eigenvalue weighted by Crippen LogP contribution is 2.63. The quantitative estimate of drug-likeness (QED) is 0.198. The van der Waals surface area contributed by atoms with Crippen LogP contribution < -0.4 is 0 Å². The number of alkyl halides is 1. The van der Waals surface area contributed by atoms with Gasteiger partial charge in [0.2, 0.25) is 0 Å². The molecule has 2 nitrogen and oxygen atoms in total. The minimum absolute atomic E-state index is 0.163. The summed E-state index contributed by atoms with van der Waals surface area (Å²) in [5.41, 5.74) is 0.353. The zero-order chi connectivity index (χ0) is 13.6. The molecule has 0 aromatic rings. The first-order chi connectivity index (χ1) is 8.58. The fourth-order valence-electron chi connectivity index (χ4n) is 2.82. The van der Waals surface area contributed by atoms with Crippen LogP contribution in [0.2, 0.25) is 0 Å². The highest BCUT2D eigenvalue weighted by atomic mass is 127. The van der Waals surface area contributed by atoms with Gasteiger partial charge in [0.15, 0.2) is 0 Å². The summed E-state index contributed by atoms with van der Waals surface area (Å²) in [6, 6.07) is 0. The second-order valence-corrected chi connectivity index (χ2v) is 6.69. The van der Waals surface area contributed by atoms with E-state index in [4.69, 9.17) is 4.74 Å². The van der Waals surface area contributed by atoms with Crippen LogP contribution in [-0.4, -0.2) is 16.5 Å². The number of halogens is 1. The molecular weight excluding hydrogens is 339 g/mol. The van der Waals surface area contributed by atoms with Gasteiger partial charge in [-0.1, -0.05) is 61.3 Å². The Morgan fingerprint density at radius 2 is 2.17 bits per heavy atom. The van der Waals surface area contributed by atoms with Gasteiger partial charge in [-0.25, -0.2) is 0 Å². The Balaban J connectivity index is 2.43. The molecule has 1 aliphatic rings. The second kappa shape index (κ2) is 7.51. The molecule has 1 unspecified atom stereocenters. The average molecular weight is 364 g/mol. The third-order valence-corrected chi connectivity index (χ3v) is 6.13. The molecule has 1 rings (SSSR count). The minimum atomic E-state index is -0.163. The first-order valence-corrected chi connectivity index (χ1v) is 8.21. The maximum atomic E-state index is 10.9. The van der Waals surface area contributed by atoms with Gasteiger partial charge in [-0.05, 0) is 18.3 Å². The summed E-state index contributed by atoms with van der Waals surface area (Å²) in [7, 11) is 0. The van der Waals surface area contributed by atoms with Crippen molar-refractivity contribution in [3.8, 4) is 0 Å². The molecule has 0 N–H and O–H groups in total. The number of ether oxygens (including phenoxy) is 1. The number of allylic oxidation sites excluding steroid dienone is 1. The van der Waals surface area contributed by atoms with Crippen LogP contribution in [0, 0.1) is 11.3 Å². The van der Waals surface area contributed by atoms with Crippen LogP contribution in [0.5, 0.6) is 0 Å². The molecule has 0 radical (unpaired) electrons. The van der Waals surface area contributed by atoms with E-state index in [9.17, 15) is 4.79 Å². The van der Waals surface area contributed by atoms with Gasteiger partial charge in [-0.2, -0.15) is 0 Å². The maximum Gasteiger partial charge on any atom is 0.302 e. The summed E-state index contributed by atoms with van der Waals surface area (Å²) in [6.07, 6.45) is 9.54. The number of unbranched alkanes of at least 4 members (excludes halogenated alkanes) is 3. The van der Waals surface area contributed by atoms with Gasteiger partial charge in [-0.15, -0.1) is 6.58 Å². The summed E-state index contributed by atoms with van der Waals surface area (Å²) >= 11 is 2.52. The molecule has 0 heterocycles. The molecule has 3 heteroatoms. The lowest BCUT2D eigenvalue weighted by Gasteiger charge is -2.15. The number of carbonyl (C=O) groups is 1. The number of hydrogen-bond donors (Lipinski definition) is 0. The lowest BCUT2D eigenvalue weighted by Crippen LogP contribution is -2.10. The third-order valence-electron chi connectivity index (χ3n) is 4.02. The van der Waals surface area contributed by atoms with Gasteiger partial charge in [0, 0.05) is 16.8 Å². The van der Waals surface area contributed by atoms with Crippen molar-refractivity contribution in [1.82, 2.24) is 0 Å². The molecule has 0 aliphatic heterocycles. The molecule has 0 spiro atoms. The Kier molecular flexibility index (Phi) is 6.67. The standard InChI is InChI=1S/C15H25IO2/c1-4-6-7-8-10-15(9-5-2)13(14(15)16)11-18-12(3)17/h5,13-14H,2,4,6-11H2,1,3H3/t13-,14?,15-/m0/s1. The van der Waals surface area contributed by atoms with Crippen LogP contribution in [0.15, 0.2) is 12.7 Å². The van der Waals surface area contributed by atoms with Crippen molar-refractivity contribution in [1.29, 1.82) is 0 Å². The summed E-state index contributed by atoms with van der Waals surface area (Å²) in [5.74, 6) is 0.366. The van der Waals surface area contributed by atoms with E-state index in [1.165, 1.54) is 39.0 Å². The number of hydrogen-bond acceptors (Lipinski definition) is 2. The molecule has 0 bridgehead atoms.